The van der Waals surface area contributed by atoms with Crippen LogP contribution in [0.1, 0.15) is 16.1 Å². The van der Waals surface area contributed by atoms with Crippen LogP contribution < -0.4 is 10.2 Å². The summed E-state index contributed by atoms with van der Waals surface area (Å²) in [4.78, 5) is 27.2. The Labute approximate surface area is 141 Å². The van der Waals surface area contributed by atoms with Gasteiger partial charge in [0, 0.05) is 40.4 Å². The summed E-state index contributed by atoms with van der Waals surface area (Å²) in [6.07, 6.45) is 1.47. The number of nitrogens with one attached hydrogen (secondary N) is 1. The molecular weight excluding hydrogens is 308 g/mol. The number of carbonyl (C=O) groups is 2. The third kappa shape index (κ3) is 4.55. The molecule has 0 bridgehead atoms. The molecule has 1 heterocycles. The molecule has 0 unspecified atom stereocenters. The first-order chi connectivity index (χ1) is 11.4. The normalized spacial score (nSPS) is 10.3. The molecule has 0 saturated carbocycles. The van der Waals surface area contributed by atoms with Crippen molar-refractivity contribution in [3.05, 3.63) is 41.7 Å². The number of aromatic nitrogens is 3. The van der Waals surface area contributed by atoms with E-state index < -0.39 is 0 Å². The molecule has 2 rings (SSSR count). The van der Waals surface area contributed by atoms with Crippen LogP contribution in [0.4, 0.5) is 5.69 Å². The number of carbonyl (C=O) groups excluding carboxylic acids is 2. The summed E-state index contributed by atoms with van der Waals surface area (Å²) in [5, 5.41) is 10.4. The maximum absolute atomic E-state index is 12.1. The Hall–Kier alpha value is -2.90. The first-order valence-corrected chi connectivity index (χ1v) is 7.51. The standard InChI is InChI=1S/C16H22N6O2/c1-20(2)13-7-5-6-12(8-13)9-17-16(24)14-10-22(19-18-14)11-15(23)21(3)4/h5-8,10H,9,11H2,1-4H3,(H,17,24). The second-order valence-electron chi connectivity index (χ2n) is 5.84. The molecule has 0 aliphatic carbocycles. The SMILES string of the molecule is CN(C)C(=O)Cn1cc(C(=O)NCc2cccc(N(C)C)c2)nn1. The van der Waals surface area contributed by atoms with Gasteiger partial charge in [-0.25, -0.2) is 4.68 Å². The zero-order valence-electron chi connectivity index (χ0n) is 14.4. The van der Waals surface area contributed by atoms with Gasteiger partial charge in [-0.2, -0.15) is 0 Å². The number of hydrogen-bond acceptors (Lipinski definition) is 5. The fourth-order valence-corrected chi connectivity index (χ4v) is 1.98. The molecule has 1 aromatic heterocycles. The monoisotopic (exact) mass is 330 g/mol. The highest BCUT2D eigenvalue weighted by Gasteiger charge is 2.13. The molecule has 0 radical (unpaired) electrons. The molecule has 0 aliphatic heterocycles. The van der Waals surface area contributed by atoms with E-state index >= 15 is 0 Å². The molecule has 24 heavy (non-hydrogen) atoms. The van der Waals surface area contributed by atoms with Crippen molar-refractivity contribution in [2.75, 3.05) is 33.1 Å². The Balaban J connectivity index is 1.94. The fraction of sp³-hybridized carbons (Fsp3) is 0.375. The number of amides is 2. The van der Waals surface area contributed by atoms with Gasteiger partial charge in [-0.05, 0) is 17.7 Å². The molecule has 0 fully saturated rings. The topological polar surface area (TPSA) is 83.4 Å². The minimum absolute atomic E-state index is 0.0537. The van der Waals surface area contributed by atoms with Gasteiger partial charge in [0.1, 0.15) is 6.54 Å². The van der Waals surface area contributed by atoms with Gasteiger partial charge in [-0.3, -0.25) is 9.59 Å². The smallest absolute Gasteiger partial charge is 0.273 e. The van der Waals surface area contributed by atoms with Crippen LogP contribution in [0.2, 0.25) is 0 Å². The quantitative estimate of drug-likeness (QED) is 0.827. The van der Waals surface area contributed by atoms with E-state index in [0.29, 0.717) is 6.54 Å². The molecule has 1 aromatic carbocycles. The fourth-order valence-electron chi connectivity index (χ4n) is 1.98. The summed E-state index contributed by atoms with van der Waals surface area (Å²) in [5.74, 6) is -0.443. The predicted octanol–water partition coefficient (Wildman–Crippen LogP) is 0.362. The van der Waals surface area contributed by atoms with E-state index in [4.69, 9.17) is 0 Å². The molecular formula is C16H22N6O2. The third-order valence-electron chi connectivity index (χ3n) is 3.45. The zero-order chi connectivity index (χ0) is 17.7. The van der Waals surface area contributed by atoms with Gasteiger partial charge >= 0.3 is 0 Å². The Kier molecular flexibility index (Phi) is 5.51. The van der Waals surface area contributed by atoms with E-state index in [1.54, 1.807) is 14.1 Å². The summed E-state index contributed by atoms with van der Waals surface area (Å²) < 4.78 is 1.35. The van der Waals surface area contributed by atoms with Gasteiger partial charge in [0.05, 0.1) is 6.20 Å². The Bertz CT molecular complexity index is 723. The lowest BCUT2D eigenvalue weighted by atomic mass is 10.2. The van der Waals surface area contributed by atoms with E-state index in [-0.39, 0.29) is 24.1 Å². The van der Waals surface area contributed by atoms with Crippen LogP contribution >= 0.6 is 0 Å². The van der Waals surface area contributed by atoms with E-state index in [9.17, 15) is 9.59 Å². The van der Waals surface area contributed by atoms with Crippen molar-refractivity contribution in [2.45, 2.75) is 13.1 Å². The summed E-state index contributed by atoms with van der Waals surface area (Å²) >= 11 is 0. The van der Waals surface area contributed by atoms with E-state index in [0.717, 1.165) is 11.3 Å². The predicted molar refractivity (Wildman–Crippen MR) is 90.7 cm³/mol. The molecule has 0 aliphatic rings. The summed E-state index contributed by atoms with van der Waals surface area (Å²) in [6, 6.07) is 7.89. The van der Waals surface area contributed by atoms with Gasteiger partial charge in [0.15, 0.2) is 5.69 Å². The number of likely N-dealkylation sites (N-methyl/N-ethyl adjacent to an activating group) is 1. The van der Waals surface area contributed by atoms with E-state index in [2.05, 4.69) is 15.6 Å². The summed E-state index contributed by atoms with van der Waals surface area (Å²) in [5.41, 5.74) is 2.24. The van der Waals surface area contributed by atoms with Gasteiger partial charge in [-0.15, -0.1) is 5.10 Å². The van der Waals surface area contributed by atoms with Gasteiger partial charge < -0.3 is 15.1 Å². The second-order valence-corrected chi connectivity index (χ2v) is 5.84. The maximum Gasteiger partial charge on any atom is 0.273 e. The van der Waals surface area contributed by atoms with Crippen LogP contribution in [0.25, 0.3) is 0 Å². The van der Waals surface area contributed by atoms with Crippen LogP contribution in [-0.4, -0.2) is 59.9 Å². The molecule has 1 N–H and O–H groups in total. The van der Waals surface area contributed by atoms with Crippen LogP contribution in [0.15, 0.2) is 30.5 Å². The lowest BCUT2D eigenvalue weighted by Gasteiger charge is -2.13. The van der Waals surface area contributed by atoms with Crippen molar-refractivity contribution in [1.82, 2.24) is 25.2 Å². The summed E-state index contributed by atoms with van der Waals surface area (Å²) in [7, 11) is 7.25. The molecule has 0 atom stereocenters. The number of hydrogen-bond donors (Lipinski definition) is 1. The van der Waals surface area contributed by atoms with Gasteiger partial charge in [0.2, 0.25) is 5.91 Å². The van der Waals surface area contributed by atoms with Crippen molar-refractivity contribution in [1.29, 1.82) is 0 Å². The number of anilines is 1. The minimum atomic E-state index is -0.325. The van der Waals surface area contributed by atoms with Crippen molar-refractivity contribution >= 4 is 17.5 Å². The van der Waals surface area contributed by atoms with Gasteiger partial charge in [0.25, 0.3) is 5.91 Å². The average Bonchev–Trinajstić information content (AvgIpc) is 3.01. The molecule has 128 valence electrons. The van der Waals surface area contributed by atoms with Crippen LogP contribution in [0.3, 0.4) is 0 Å². The lowest BCUT2D eigenvalue weighted by Crippen LogP contribution is -2.26. The van der Waals surface area contributed by atoms with Crippen molar-refractivity contribution in [2.24, 2.45) is 0 Å². The van der Waals surface area contributed by atoms with E-state index in [1.165, 1.54) is 15.8 Å². The highest BCUT2D eigenvalue weighted by Crippen LogP contribution is 2.13. The first-order valence-electron chi connectivity index (χ1n) is 7.51. The molecule has 0 saturated heterocycles. The largest absolute Gasteiger partial charge is 0.378 e. The second kappa shape index (κ2) is 7.58. The van der Waals surface area contributed by atoms with Crippen LogP contribution in [0, 0.1) is 0 Å². The molecule has 2 aromatic rings. The first kappa shape index (κ1) is 17.5. The molecule has 8 heteroatoms. The van der Waals surface area contributed by atoms with Gasteiger partial charge in [-0.1, -0.05) is 17.3 Å². The molecule has 2 amide bonds. The Morgan fingerprint density at radius 1 is 1.21 bits per heavy atom. The Morgan fingerprint density at radius 2 is 1.96 bits per heavy atom. The number of rotatable bonds is 6. The maximum atomic E-state index is 12.1. The highest BCUT2D eigenvalue weighted by atomic mass is 16.2. The number of nitrogens with zero attached hydrogens (tertiary/aromatic N) is 5. The van der Waals surface area contributed by atoms with Crippen molar-refractivity contribution in [3.63, 3.8) is 0 Å². The van der Waals surface area contributed by atoms with Crippen molar-refractivity contribution < 1.29 is 9.59 Å². The molecule has 8 nitrogen and oxygen atoms in total. The van der Waals surface area contributed by atoms with Crippen LogP contribution in [-0.2, 0) is 17.9 Å². The third-order valence-corrected chi connectivity index (χ3v) is 3.45. The highest BCUT2D eigenvalue weighted by molar-refractivity contribution is 5.91. The van der Waals surface area contributed by atoms with Crippen LogP contribution in [0.5, 0.6) is 0 Å². The zero-order valence-corrected chi connectivity index (χ0v) is 14.4. The number of benzene rings is 1. The van der Waals surface area contributed by atoms with E-state index in [1.807, 2.05) is 43.3 Å². The Morgan fingerprint density at radius 3 is 2.62 bits per heavy atom. The summed E-state index contributed by atoms with van der Waals surface area (Å²) in [6.45, 7) is 0.447. The average molecular weight is 330 g/mol. The lowest BCUT2D eigenvalue weighted by molar-refractivity contribution is -0.129. The minimum Gasteiger partial charge on any atom is -0.378 e. The molecule has 0 spiro atoms. The van der Waals surface area contributed by atoms with Crippen molar-refractivity contribution in [3.8, 4) is 0 Å².